The first kappa shape index (κ1) is 7.27. The van der Waals surface area contributed by atoms with E-state index >= 15 is 0 Å². The highest BCUT2D eigenvalue weighted by Crippen LogP contribution is 1.93. The molecule has 4 heteroatoms. The molecule has 0 heterocycles. The van der Waals surface area contributed by atoms with Crippen molar-refractivity contribution in [1.82, 2.24) is 0 Å². The molecule has 0 rings (SSSR count). The Balaban J connectivity index is 3.31. The van der Waals surface area contributed by atoms with Crippen LogP contribution in [0.25, 0.3) is 10.4 Å². The van der Waals surface area contributed by atoms with Gasteiger partial charge in [-0.15, -0.1) is 0 Å². The van der Waals surface area contributed by atoms with Gasteiger partial charge in [0.25, 0.3) is 0 Å². The van der Waals surface area contributed by atoms with Crippen molar-refractivity contribution in [1.29, 1.82) is 0 Å². The SMILES string of the molecule is C[C@H](CCO)N=[N+]=[N-]. The molecule has 0 aliphatic heterocycles. The lowest BCUT2D eigenvalue weighted by molar-refractivity contribution is 0.279. The lowest BCUT2D eigenvalue weighted by Gasteiger charge is -1.96. The van der Waals surface area contributed by atoms with E-state index in [9.17, 15) is 0 Å². The highest BCUT2D eigenvalue weighted by Gasteiger charge is 1.93. The zero-order valence-corrected chi connectivity index (χ0v) is 4.78. The second-order valence-electron chi connectivity index (χ2n) is 1.57. The highest BCUT2D eigenvalue weighted by atomic mass is 16.3. The normalized spacial score (nSPS) is 12.2. The van der Waals surface area contributed by atoms with Crippen molar-refractivity contribution in [3.63, 3.8) is 0 Å². The molecule has 0 radical (unpaired) electrons. The topological polar surface area (TPSA) is 69.0 Å². The molecule has 0 aliphatic carbocycles. The molecular formula is C4H9N3O. The van der Waals surface area contributed by atoms with E-state index in [2.05, 4.69) is 10.0 Å². The van der Waals surface area contributed by atoms with Gasteiger partial charge in [-0.05, 0) is 12.0 Å². The third-order valence-electron chi connectivity index (χ3n) is 0.796. The minimum absolute atomic E-state index is 0.0787. The van der Waals surface area contributed by atoms with E-state index in [0.29, 0.717) is 6.42 Å². The van der Waals surface area contributed by atoms with Crippen molar-refractivity contribution in [3.8, 4) is 0 Å². The quantitative estimate of drug-likeness (QED) is 0.333. The molecule has 46 valence electrons. The Hall–Kier alpha value is -0.730. The van der Waals surface area contributed by atoms with Crippen LogP contribution in [-0.2, 0) is 0 Å². The van der Waals surface area contributed by atoms with Crippen molar-refractivity contribution < 1.29 is 5.11 Å². The monoisotopic (exact) mass is 115 g/mol. The Morgan fingerprint density at radius 3 is 2.88 bits per heavy atom. The number of rotatable bonds is 3. The number of aliphatic hydroxyl groups excluding tert-OH is 1. The predicted octanol–water partition coefficient (Wildman–Crippen LogP) is 1.07. The summed E-state index contributed by atoms with van der Waals surface area (Å²) in [5.74, 6) is 0. The van der Waals surface area contributed by atoms with E-state index < -0.39 is 0 Å². The van der Waals surface area contributed by atoms with E-state index in [1.165, 1.54) is 0 Å². The third kappa shape index (κ3) is 3.46. The van der Waals surface area contributed by atoms with Gasteiger partial charge in [0.15, 0.2) is 0 Å². The van der Waals surface area contributed by atoms with Crippen LogP contribution in [0, 0.1) is 0 Å². The van der Waals surface area contributed by atoms with Crippen LogP contribution in [0.4, 0.5) is 0 Å². The van der Waals surface area contributed by atoms with Gasteiger partial charge < -0.3 is 5.11 Å². The Morgan fingerprint density at radius 1 is 1.88 bits per heavy atom. The number of hydrogen-bond donors (Lipinski definition) is 1. The Kier molecular flexibility index (Phi) is 4.03. The van der Waals surface area contributed by atoms with Crippen molar-refractivity contribution >= 4 is 0 Å². The third-order valence-corrected chi connectivity index (χ3v) is 0.796. The molecule has 0 amide bonds. The molecule has 1 N–H and O–H groups in total. The summed E-state index contributed by atoms with van der Waals surface area (Å²) in [6, 6.07) is -0.0787. The molecule has 0 unspecified atom stereocenters. The molecular weight excluding hydrogens is 106 g/mol. The maximum absolute atomic E-state index is 8.28. The molecule has 0 bridgehead atoms. The molecule has 0 saturated heterocycles. The fraction of sp³-hybridized carbons (Fsp3) is 1.00. The Morgan fingerprint density at radius 2 is 2.50 bits per heavy atom. The van der Waals surface area contributed by atoms with Crippen molar-refractivity contribution in [2.45, 2.75) is 19.4 Å². The molecule has 8 heavy (non-hydrogen) atoms. The van der Waals surface area contributed by atoms with Crippen molar-refractivity contribution in [2.24, 2.45) is 5.11 Å². The average molecular weight is 115 g/mol. The fourth-order valence-corrected chi connectivity index (χ4v) is 0.333. The van der Waals surface area contributed by atoms with Crippen LogP contribution in [0.3, 0.4) is 0 Å². The molecule has 0 aliphatic rings. The predicted molar refractivity (Wildman–Crippen MR) is 30.3 cm³/mol. The first-order valence-corrected chi connectivity index (χ1v) is 2.46. The van der Waals surface area contributed by atoms with Crippen LogP contribution < -0.4 is 0 Å². The molecule has 4 nitrogen and oxygen atoms in total. The Labute approximate surface area is 47.8 Å². The van der Waals surface area contributed by atoms with Gasteiger partial charge in [0, 0.05) is 17.6 Å². The molecule has 0 fully saturated rings. The summed E-state index contributed by atoms with van der Waals surface area (Å²) in [6.45, 7) is 1.84. The number of azide groups is 1. The summed E-state index contributed by atoms with van der Waals surface area (Å²) < 4.78 is 0. The van der Waals surface area contributed by atoms with Crippen LogP contribution in [-0.4, -0.2) is 17.8 Å². The number of nitrogens with zero attached hydrogens (tertiary/aromatic N) is 3. The second-order valence-corrected chi connectivity index (χ2v) is 1.57. The summed E-state index contributed by atoms with van der Waals surface area (Å²) in [4.78, 5) is 2.57. The van der Waals surface area contributed by atoms with Crippen LogP contribution >= 0.6 is 0 Å². The minimum atomic E-state index is -0.0787. The summed E-state index contributed by atoms with van der Waals surface area (Å²) in [5.41, 5.74) is 7.84. The molecule has 0 aromatic heterocycles. The standard InChI is InChI=1S/C4H9N3O/c1-4(2-3-8)6-7-5/h4,8H,2-3H2,1H3/t4-/m1/s1. The second kappa shape index (κ2) is 4.43. The maximum Gasteiger partial charge on any atom is 0.0434 e. The summed E-state index contributed by atoms with van der Waals surface area (Å²) >= 11 is 0. The molecule has 0 aromatic rings. The van der Waals surface area contributed by atoms with E-state index in [0.717, 1.165) is 0 Å². The summed E-state index contributed by atoms with van der Waals surface area (Å²) in [6.07, 6.45) is 0.546. The first-order valence-electron chi connectivity index (χ1n) is 2.46. The average Bonchev–Trinajstić information content (AvgIpc) is 1.68. The van der Waals surface area contributed by atoms with E-state index in [-0.39, 0.29) is 12.6 Å². The van der Waals surface area contributed by atoms with E-state index in [4.69, 9.17) is 10.6 Å². The fourth-order valence-electron chi connectivity index (χ4n) is 0.333. The maximum atomic E-state index is 8.28. The van der Waals surface area contributed by atoms with E-state index in [1.807, 2.05) is 0 Å². The molecule has 1 atom stereocenters. The molecule has 0 saturated carbocycles. The van der Waals surface area contributed by atoms with Gasteiger partial charge in [-0.25, -0.2) is 0 Å². The largest absolute Gasteiger partial charge is 0.396 e. The van der Waals surface area contributed by atoms with Crippen LogP contribution in [0.5, 0.6) is 0 Å². The van der Waals surface area contributed by atoms with Crippen molar-refractivity contribution in [3.05, 3.63) is 10.4 Å². The number of aliphatic hydroxyl groups is 1. The van der Waals surface area contributed by atoms with Gasteiger partial charge in [0.2, 0.25) is 0 Å². The first-order chi connectivity index (χ1) is 3.81. The van der Waals surface area contributed by atoms with Gasteiger partial charge in [-0.1, -0.05) is 12.0 Å². The molecule has 0 aromatic carbocycles. The number of hydrogen-bond acceptors (Lipinski definition) is 2. The van der Waals surface area contributed by atoms with E-state index in [1.54, 1.807) is 6.92 Å². The smallest absolute Gasteiger partial charge is 0.0434 e. The van der Waals surface area contributed by atoms with Gasteiger partial charge in [-0.2, -0.15) is 0 Å². The van der Waals surface area contributed by atoms with Crippen LogP contribution in [0.15, 0.2) is 5.11 Å². The lowest BCUT2D eigenvalue weighted by Crippen LogP contribution is -1.98. The minimum Gasteiger partial charge on any atom is -0.396 e. The summed E-state index contributed by atoms with van der Waals surface area (Å²) in [7, 11) is 0. The van der Waals surface area contributed by atoms with Gasteiger partial charge in [0.1, 0.15) is 0 Å². The lowest BCUT2D eigenvalue weighted by atomic mass is 10.3. The molecule has 0 spiro atoms. The summed E-state index contributed by atoms with van der Waals surface area (Å²) in [5, 5.41) is 11.6. The van der Waals surface area contributed by atoms with Gasteiger partial charge >= 0.3 is 0 Å². The van der Waals surface area contributed by atoms with Gasteiger partial charge in [-0.3, -0.25) is 0 Å². The van der Waals surface area contributed by atoms with Crippen LogP contribution in [0.1, 0.15) is 13.3 Å². The van der Waals surface area contributed by atoms with Crippen molar-refractivity contribution in [2.75, 3.05) is 6.61 Å². The van der Waals surface area contributed by atoms with Gasteiger partial charge in [0.05, 0.1) is 0 Å². The zero-order valence-electron chi connectivity index (χ0n) is 4.78. The zero-order chi connectivity index (χ0) is 6.41. The van der Waals surface area contributed by atoms with Crippen LogP contribution in [0.2, 0.25) is 0 Å². The Bertz CT molecular complexity index is 97.5. The highest BCUT2D eigenvalue weighted by molar-refractivity contribution is 4.58.